The van der Waals surface area contributed by atoms with Gasteiger partial charge in [0.25, 0.3) is 0 Å². The molecule has 1 heterocycles. The molecular formula is C11H7Cl2F3O3. The molecule has 0 amide bonds. The van der Waals surface area contributed by atoms with Crippen LogP contribution in [-0.2, 0) is 11.2 Å². The summed E-state index contributed by atoms with van der Waals surface area (Å²) in [5.74, 6) is -3.47. The van der Waals surface area contributed by atoms with Crippen molar-refractivity contribution in [3.8, 4) is 5.75 Å². The lowest BCUT2D eigenvalue weighted by molar-refractivity contribution is -0.217. The van der Waals surface area contributed by atoms with Crippen LogP contribution in [0, 0.1) is 5.92 Å². The second-order valence-corrected chi connectivity index (χ2v) is 4.86. The lowest BCUT2D eigenvalue weighted by Crippen LogP contribution is -2.47. The number of hydrogen-bond donors (Lipinski definition) is 1. The lowest BCUT2D eigenvalue weighted by atomic mass is 9.90. The third-order valence-corrected chi connectivity index (χ3v) is 3.61. The Hall–Kier alpha value is -1.14. The molecule has 1 aromatic carbocycles. The second-order valence-electron chi connectivity index (χ2n) is 4.08. The Morgan fingerprint density at radius 2 is 2.00 bits per heavy atom. The molecule has 2 rings (SSSR count). The molecule has 1 aliphatic heterocycles. The number of alkyl halides is 3. The fourth-order valence-electron chi connectivity index (χ4n) is 1.92. The highest BCUT2D eigenvalue weighted by atomic mass is 35.5. The first-order valence-corrected chi connectivity index (χ1v) is 5.90. The first-order valence-electron chi connectivity index (χ1n) is 5.15. The van der Waals surface area contributed by atoms with Gasteiger partial charge in [-0.3, -0.25) is 4.79 Å². The van der Waals surface area contributed by atoms with E-state index in [0.29, 0.717) is 5.56 Å². The minimum atomic E-state index is -4.80. The van der Waals surface area contributed by atoms with Gasteiger partial charge in [-0.05, 0) is 18.1 Å². The van der Waals surface area contributed by atoms with Gasteiger partial charge < -0.3 is 9.84 Å². The van der Waals surface area contributed by atoms with Crippen LogP contribution in [0.4, 0.5) is 13.2 Å². The van der Waals surface area contributed by atoms with Gasteiger partial charge in [-0.15, -0.1) is 0 Å². The molecule has 2 unspecified atom stereocenters. The maximum absolute atomic E-state index is 12.8. The summed E-state index contributed by atoms with van der Waals surface area (Å²) in [7, 11) is 0. The number of carboxylic acid groups (broad SMARTS) is 1. The van der Waals surface area contributed by atoms with Crippen LogP contribution in [0.25, 0.3) is 0 Å². The molecule has 0 radical (unpaired) electrons. The van der Waals surface area contributed by atoms with Gasteiger partial charge in [0.15, 0.2) is 0 Å². The van der Waals surface area contributed by atoms with Crippen LogP contribution in [-0.4, -0.2) is 23.4 Å². The Balaban J connectivity index is 2.49. The summed E-state index contributed by atoms with van der Waals surface area (Å²) in [4.78, 5) is 10.9. The number of rotatable bonds is 1. The van der Waals surface area contributed by atoms with Gasteiger partial charge >= 0.3 is 12.1 Å². The molecule has 0 spiro atoms. The van der Waals surface area contributed by atoms with Gasteiger partial charge in [-0.1, -0.05) is 29.3 Å². The predicted octanol–water partition coefficient (Wildman–Crippen LogP) is 3.56. The molecule has 19 heavy (non-hydrogen) atoms. The van der Waals surface area contributed by atoms with E-state index in [1.165, 1.54) is 12.1 Å². The van der Waals surface area contributed by atoms with Gasteiger partial charge in [-0.2, -0.15) is 13.2 Å². The lowest BCUT2D eigenvalue weighted by Gasteiger charge is -2.33. The Morgan fingerprint density at radius 1 is 1.37 bits per heavy atom. The molecule has 0 saturated carbocycles. The molecule has 3 nitrogen and oxygen atoms in total. The quantitative estimate of drug-likeness (QED) is 0.862. The normalized spacial score (nSPS) is 22.6. The summed E-state index contributed by atoms with van der Waals surface area (Å²) in [6, 6.07) is 2.80. The molecule has 0 bridgehead atoms. The van der Waals surface area contributed by atoms with E-state index in [4.69, 9.17) is 33.0 Å². The summed E-state index contributed by atoms with van der Waals surface area (Å²) >= 11 is 11.5. The fraction of sp³-hybridized carbons (Fsp3) is 0.364. The third kappa shape index (κ3) is 2.60. The SMILES string of the molecule is O=C(O)C1Cc2ccc(Cl)c(Cl)c2OC1C(F)(F)F. The van der Waals surface area contributed by atoms with Gasteiger partial charge in [0.05, 0.1) is 5.02 Å². The minimum absolute atomic E-state index is 0.0510. The van der Waals surface area contributed by atoms with Crippen molar-refractivity contribution in [3.63, 3.8) is 0 Å². The Morgan fingerprint density at radius 3 is 2.53 bits per heavy atom. The van der Waals surface area contributed by atoms with Crippen LogP contribution in [0.15, 0.2) is 12.1 Å². The summed E-state index contributed by atoms with van der Waals surface area (Å²) < 4.78 is 43.2. The molecule has 104 valence electrons. The molecule has 1 N–H and O–H groups in total. The number of aliphatic carboxylic acids is 1. The standard InChI is InChI=1S/C11H7Cl2F3O3/c12-6-2-1-4-3-5(10(17)18)9(11(14,15)16)19-8(4)7(6)13/h1-2,5,9H,3H2,(H,17,18). The van der Waals surface area contributed by atoms with Crippen LogP contribution in [0.5, 0.6) is 5.75 Å². The van der Waals surface area contributed by atoms with Gasteiger partial charge in [0.1, 0.15) is 16.7 Å². The summed E-state index contributed by atoms with van der Waals surface area (Å²) in [5, 5.41) is 8.79. The number of ether oxygens (including phenoxy) is 1. The number of hydrogen-bond acceptors (Lipinski definition) is 2. The van der Waals surface area contributed by atoms with E-state index in [9.17, 15) is 18.0 Å². The molecule has 0 aliphatic carbocycles. The monoisotopic (exact) mass is 314 g/mol. The van der Waals surface area contributed by atoms with Crippen molar-refractivity contribution in [1.29, 1.82) is 0 Å². The van der Waals surface area contributed by atoms with Crippen molar-refractivity contribution >= 4 is 29.2 Å². The molecule has 1 aromatic rings. The van der Waals surface area contributed by atoms with Crippen LogP contribution in [0.1, 0.15) is 5.56 Å². The van der Waals surface area contributed by atoms with E-state index in [1.54, 1.807) is 0 Å². The maximum atomic E-state index is 12.8. The first-order chi connectivity index (χ1) is 8.71. The zero-order valence-corrected chi connectivity index (χ0v) is 10.7. The van der Waals surface area contributed by atoms with E-state index < -0.39 is 24.2 Å². The van der Waals surface area contributed by atoms with E-state index >= 15 is 0 Å². The van der Waals surface area contributed by atoms with Crippen molar-refractivity contribution in [3.05, 3.63) is 27.7 Å². The smallest absolute Gasteiger partial charge is 0.426 e. The van der Waals surface area contributed by atoms with E-state index in [1.807, 2.05) is 0 Å². The number of fused-ring (bicyclic) bond motifs is 1. The van der Waals surface area contributed by atoms with Gasteiger partial charge in [0, 0.05) is 0 Å². The number of carbonyl (C=O) groups is 1. The average molecular weight is 315 g/mol. The van der Waals surface area contributed by atoms with Crippen LogP contribution in [0.3, 0.4) is 0 Å². The van der Waals surface area contributed by atoms with Gasteiger partial charge in [-0.25, -0.2) is 0 Å². The first kappa shape index (κ1) is 14.3. The summed E-state index contributed by atoms with van der Waals surface area (Å²) in [6.45, 7) is 0. The largest absolute Gasteiger partial charge is 0.481 e. The predicted molar refractivity (Wildman–Crippen MR) is 61.8 cm³/mol. The highest BCUT2D eigenvalue weighted by Crippen LogP contribution is 2.44. The summed E-state index contributed by atoms with van der Waals surface area (Å²) in [5.41, 5.74) is 0.294. The Kier molecular flexibility index (Phi) is 3.57. The Labute approximate surface area is 115 Å². The van der Waals surface area contributed by atoms with Crippen molar-refractivity contribution in [1.82, 2.24) is 0 Å². The second kappa shape index (κ2) is 4.76. The molecule has 1 aliphatic rings. The van der Waals surface area contributed by atoms with E-state index in [-0.39, 0.29) is 22.2 Å². The average Bonchev–Trinajstić information content (AvgIpc) is 2.31. The summed E-state index contributed by atoms with van der Waals surface area (Å²) in [6.07, 6.45) is -7.55. The van der Waals surface area contributed by atoms with Crippen LogP contribution >= 0.6 is 23.2 Å². The van der Waals surface area contributed by atoms with Crippen molar-refractivity contribution in [2.45, 2.75) is 18.7 Å². The third-order valence-electron chi connectivity index (χ3n) is 2.82. The topological polar surface area (TPSA) is 46.5 Å². The molecule has 0 fully saturated rings. The van der Waals surface area contributed by atoms with E-state index in [0.717, 1.165) is 0 Å². The number of benzene rings is 1. The number of carboxylic acids is 1. The fourth-order valence-corrected chi connectivity index (χ4v) is 2.30. The number of halogens is 5. The molecular weight excluding hydrogens is 308 g/mol. The zero-order valence-electron chi connectivity index (χ0n) is 9.17. The van der Waals surface area contributed by atoms with Crippen molar-refractivity contribution in [2.24, 2.45) is 5.92 Å². The molecule has 2 atom stereocenters. The molecule has 8 heteroatoms. The van der Waals surface area contributed by atoms with E-state index in [2.05, 4.69) is 0 Å². The van der Waals surface area contributed by atoms with Crippen LogP contribution < -0.4 is 4.74 Å². The molecule has 0 saturated heterocycles. The van der Waals surface area contributed by atoms with Crippen molar-refractivity contribution < 1.29 is 27.8 Å². The van der Waals surface area contributed by atoms with Crippen molar-refractivity contribution in [2.75, 3.05) is 0 Å². The van der Waals surface area contributed by atoms with Gasteiger partial charge in [0.2, 0.25) is 6.10 Å². The maximum Gasteiger partial charge on any atom is 0.426 e. The molecule has 0 aromatic heterocycles. The highest BCUT2D eigenvalue weighted by Gasteiger charge is 2.52. The zero-order chi connectivity index (χ0) is 14.4. The van der Waals surface area contributed by atoms with Crippen LogP contribution in [0.2, 0.25) is 10.0 Å². The Bertz CT molecular complexity index is 531. The highest BCUT2D eigenvalue weighted by molar-refractivity contribution is 6.43. The minimum Gasteiger partial charge on any atom is -0.481 e.